The number of rotatable bonds is 5. The van der Waals surface area contributed by atoms with Crippen molar-refractivity contribution in [2.45, 2.75) is 6.42 Å². The first kappa shape index (κ1) is 14.1. The number of hydrogen-bond acceptors (Lipinski definition) is 4. The maximum Gasteiger partial charge on any atom is 0.237 e. The number of carbonyl (C=O) groups excluding carboxylic acids is 2. The van der Waals surface area contributed by atoms with Gasteiger partial charge in [0.2, 0.25) is 5.91 Å². The molecule has 0 radical (unpaired) electrons. The summed E-state index contributed by atoms with van der Waals surface area (Å²) in [6.45, 7) is 4.10. The first-order valence-corrected chi connectivity index (χ1v) is 6.31. The van der Waals surface area contributed by atoms with Crippen molar-refractivity contribution in [1.82, 2.24) is 4.90 Å². The van der Waals surface area contributed by atoms with Crippen LogP contribution in [0.4, 0.5) is 0 Å². The third-order valence-electron chi connectivity index (χ3n) is 3.41. The molecule has 0 aromatic heterocycles. The summed E-state index contributed by atoms with van der Waals surface area (Å²) in [5, 5.41) is 0. The van der Waals surface area contributed by atoms with Gasteiger partial charge in [-0.1, -0.05) is 6.58 Å². The second-order valence-corrected chi connectivity index (χ2v) is 4.52. The first-order chi connectivity index (χ1) is 9.60. The van der Waals surface area contributed by atoms with Crippen LogP contribution in [0.25, 0.3) is 0 Å². The number of benzene rings is 1. The Morgan fingerprint density at radius 1 is 1.30 bits per heavy atom. The van der Waals surface area contributed by atoms with Gasteiger partial charge in [-0.2, -0.15) is 0 Å². The fraction of sp³-hybridized carbons (Fsp3) is 0.333. The number of nitrogens with zero attached hydrogens (tertiary/aromatic N) is 1. The number of ether oxygens (including phenoxy) is 2. The third-order valence-corrected chi connectivity index (χ3v) is 3.41. The van der Waals surface area contributed by atoms with E-state index in [4.69, 9.17) is 9.47 Å². The first-order valence-electron chi connectivity index (χ1n) is 6.31. The monoisotopic (exact) mass is 275 g/mol. The molecule has 1 aliphatic rings. The molecule has 1 aromatic carbocycles. The summed E-state index contributed by atoms with van der Waals surface area (Å²) in [6.07, 6.45) is 1.96. The highest BCUT2D eigenvalue weighted by Gasteiger charge is 2.36. The molecule has 106 valence electrons. The predicted octanol–water partition coefficient (Wildman–Crippen LogP) is 1.88. The minimum atomic E-state index is -0.648. The zero-order chi connectivity index (χ0) is 14.7. The van der Waals surface area contributed by atoms with Gasteiger partial charge in [0.25, 0.3) is 0 Å². The Balaban J connectivity index is 2.29. The number of carbonyl (C=O) groups is 2. The fourth-order valence-corrected chi connectivity index (χ4v) is 2.28. The van der Waals surface area contributed by atoms with Crippen molar-refractivity contribution in [3.63, 3.8) is 0 Å². The molecule has 1 saturated heterocycles. The summed E-state index contributed by atoms with van der Waals surface area (Å²) >= 11 is 0. The van der Waals surface area contributed by atoms with Gasteiger partial charge in [0.05, 0.1) is 14.2 Å². The van der Waals surface area contributed by atoms with Crippen LogP contribution in [0.1, 0.15) is 16.8 Å². The standard InChI is InChI=1S/C15H17NO4/c1-4-16-6-5-13(15(16)18)14(17)10-7-11(19-2)9-12(8-10)20-3/h4,7-9,13H,1,5-6H2,2-3H3/t13-/m0/s1. The van der Waals surface area contributed by atoms with Crippen molar-refractivity contribution in [3.05, 3.63) is 36.5 Å². The van der Waals surface area contributed by atoms with Gasteiger partial charge in [0.15, 0.2) is 5.78 Å². The van der Waals surface area contributed by atoms with Crippen LogP contribution in [0, 0.1) is 5.92 Å². The topological polar surface area (TPSA) is 55.8 Å². The normalized spacial score (nSPS) is 18.0. The van der Waals surface area contributed by atoms with Gasteiger partial charge in [-0.05, 0) is 24.8 Å². The lowest BCUT2D eigenvalue weighted by Crippen LogP contribution is -2.26. The molecule has 1 atom stereocenters. The Morgan fingerprint density at radius 2 is 1.90 bits per heavy atom. The zero-order valence-corrected chi connectivity index (χ0v) is 11.6. The van der Waals surface area contributed by atoms with Crippen LogP contribution in [0.3, 0.4) is 0 Å². The molecule has 1 amide bonds. The molecule has 20 heavy (non-hydrogen) atoms. The van der Waals surface area contributed by atoms with Crippen LogP contribution in [0.15, 0.2) is 31.0 Å². The minimum Gasteiger partial charge on any atom is -0.497 e. The van der Waals surface area contributed by atoms with Crippen molar-refractivity contribution in [2.75, 3.05) is 20.8 Å². The van der Waals surface area contributed by atoms with Crippen molar-refractivity contribution >= 4 is 11.7 Å². The quantitative estimate of drug-likeness (QED) is 0.608. The Labute approximate surface area is 117 Å². The lowest BCUT2D eigenvalue weighted by Gasteiger charge is -2.12. The number of Topliss-reactive ketones (excluding diaryl/α,β-unsaturated/α-hetero) is 1. The van der Waals surface area contributed by atoms with Crippen LogP contribution in [-0.4, -0.2) is 37.4 Å². The summed E-state index contributed by atoms with van der Waals surface area (Å²) in [5.41, 5.74) is 0.422. The zero-order valence-electron chi connectivity index (χ0n) is 11.6. The molecule has 1 aromatic rings. The van der Waals surface area contributed by atoms with Gasteiger partial charge in [-0.25, -0.2) is 0 Å². The predicted molar refractivity (Wildman–Crippen MR) is 73.9 cm³/mol. The van der Waals surface area contributed by atoms with E-state index in [0.717, 1.165) is 0 Å². The Bertz CT molecular complexity index is 531. The highest BCUT2D eigenvalue weighted by Crippen LogP contribution is 2.27. The molecular weight excluding hydrogens is 258 g/mol. The summed E-state index contributed by atoms with van der Waals surface area (Å²) in [5.74, 6) is -0.00871. The molecular formula is C15H17NO4. The molecule has 0 unspecified atom stereocenters. The van der Waals surface area contributed by atoms with E-state index >= 15 is 0 Å². The molecule has 0 saturated carbocycles. The van der Waals surface area contributed by atoms with E-state index in [0.29, 0.717) is 30.0 Å². The van der Waals surface area contributed by atoms with Crippen LogP contribution in [0.2, 0.25) is 0 Å². The van der Waals surface area contributed by atoms with E-state index in [1.807, 2.05) is 0 Å². The largest absolute Gasteiger partial charge is 0.497 e. The number of ketones is 1. The highest BCUT2D eigenvalue weighted by atomic mass is 16.5. The van der Waals surface area contributed by atoms with E-state index in [-0.39, 0.29) is 11.7 Å². The second-order valence-electron chi connectivity index (χ2n) is 4.52. The summed E-state index contributed by atoms with van der Waals surface area (Å²) in [7, 11) is 3.03. The van der Waals surface area contributed by atoms with Crippen LogP contribution >= 0.6 is 0 Å². The van der Waals surface area contributed by atoms with Gasteiger partial charge >= 0.3 is 0 Å². The second kappa shape index (κ2) is 5.77. The lowest BCUT2D eigenvalue weighted by atomic mass is 9.96. The molecule has 0 bridgehead atoms. The van der Waals surface area contributed by atoms with Gasteiger partial charge in [0.1, 0.15) is 17.4 Å². The average Bonchev–Trinajstić information content (AvgIpc) is 2.86. The molecule has 1 fully saturated rings. The Kier molecular flexibility index (Phi) is 4.08. The highest BCUT2D eigenvalue weighted by molar-refractivity contribution is 6.11. The smallest absolute Gasteiger partial charge is 0.237 e. The van der Waals surface area contributed by atoms with Crippen molar-refractivity contribution in [1.29, 1.82) is 0 Å². The van der Waals surface area contributed by atoms with Gasteiger partial charge in [-0.3, -0.25) is 9.59 Å². The van der Waals surface area contributed by atoms with E-state index in [1.165, 1.54) is 25.3 Å². The van der Waals surface area contributed by atoms with Gasteiger partial charge in [0, 0.05) is 18.2 Å². The summed E-state index contributed by atoms with van der Waals surface area (Å²) in [6, 6.07) is 4.92. The Hall–Kier alpha value is -2.30. The van der Waals surface area contributed by atoms with Crippen LogP contribution < -0.4 is 9.47 Å². The maximum absolute atomic E-state index is 12.5. The molecule has 1 aliphatic heterocycles. The average molecular weight is 275 g/mol. The van der Waals surface area contributed by atoms with E-state index < -0.39 is 5.92 Å². The van der Waals surface area contributed by atoms with Gasteiger partial charge in [-0.15, -0.1) is 0 Å². The maximum atomic E-state index is 12.5. The number of amides is 1. The van der Waals surface area contributed by atoms with Crippen molar-refractivity contribution < 1.29 is 19.1 Å². The van der Waals surface area contributed by atoms with Crippen molar-refractivity contribution in [2.24, 2.45) is 5.92 Å². The van der Waals surface area contributed by atoms with E-state index in [9.17, 15) is 9.59 Å². The fourth-order valence-electron chi connectivity index (χ4n) is 2.28. The Morgan fingerprint density at radius 3 is 2.35 bits per heavy atom. The van der Waals surface area contributed by atoms with E-state index in [1.54, 1.807) is 18.2 Å². The van der Waals surface area contributed by atoms with Crippen molar-refractivity contribution in [3.8, 4) is 11.5 Å². The van der Waals surface area contributed by atoms with Crippen LogP contribution in [-0.2, 0) is 4.79 Å². The molecule has 0 aliphatic carbocycles. The minimum absolute atomic E-state index is 0.202. The molecule has 0 spiro atoms. The number of likely N-dealkylation sites (tertiary alicyclic amines) is 1. The summed E-state index contributed by atoms with van der Waals surface area (Å²) < 4.78 is 10.3. The van der Waals surface area contributed by atoms with Gasteiger partial charge < -0.3 is 14.4 Å². The summed E-state index contributed by atoms with van der Waals surface area (Å²) in [4.78, 5) is 26.0. The molecule has 1 heterocycles. The molecule has 0 N–H and O–H groups in total. The SMILES string of the molecule is C=CN1CC[C@@H](C(=O)c2cc(OC)cc(OC)c2)C1=O. The van der Waals surface area contributed by atoms with E-state index in [2.05, 4.69) is 6.58 Å². The number of hydrogen-bond donors (Lipinski definition) is 0. The molecule has 2 rings (SSSR count). The lowest BCUT2D eigenvalue weighted by molar-refractivity contribution is -0.127. The third kappa shape index (κ3) is 2.52. The number of methoxy groups -OCH3 is 2. The molecule has 5 nitrogen and oxygen atoms in total. The van der Waals surface area contributed by atoms with Crippen LogP contribution in [0.5, 0.6) is 11.5 Å². The molecule has 5 heteroatoms.